The molecule has 200 valence electrons. The average Bonchev–Trinajstić information content (AvgIpc) is 2.80. The van der Waals surface area contributed by atoms with Crippen molar-refractivity contribution in [3.8, 4) is 0 Å². The fraction of sp³-hybridized carbons (Fsp3) is 0.889. The van der Waals surface area contributed by atoms with Gasteiger partial charge in [0.2, 0.25) is 0 Å². The molecule has 0 saturated heterocycles. The molecule has 7 heteroatoms. The van der Waals surface area contributed by atoms with Gasteiger partial charge in [-0.25, -0.2) is 4.79 Å². The molecule has 0 aliphatic carbocycles. The number of unbranched alkanes of at least 4 members (excludes halogenated alkanes) is 3. The molecule has 0 aromatic rings. The van der Waals surface area contributed by atoms with Crippen molar-refractivity contribution >= 4 is 17.9 Å². The Balaban J connectivity index is 5.05. The summed E-state index contributed by atoms with van der Waals surface area (Å²) in [4.78, 5) is 37.7. The zero-order valence-electron chi connectivity index (χ0n) is 22.5. The summed E-state index contributed by atoms with van der Waals surface area (Å²) in [7, 11) is 0. The molecule has 3 unspecified atom stereocenters. The lowest BCUT2D eigenvalue weighted by Gasteiger charge is -2.25. The Labute approximate surface area is 207 Å². The Morgan fingerprint density at radius 1 is 0.647 bits per heavy atom. The van der Waals surface area contributed by atoms with Crippen LogP contribution in [0.1, 0.15) is 112 Å². The second-order valence-corrected chi connectivity index (χ2v) is 10.1. The standard InChI is InChI=1S/C27H50O7/c1-7-10-13-21(4)18-32-24(28)16-27(31,26(30)34-20-23(6)15-12-9-3)17-25(29)33-19-22(5)14-11-8-2/h21-23,31H,7-20H2,1-6H3. The van der Waals surface area contributed by atoms with E-state index in [9.17, 15) is 19.5 Å². The quantitative estimate of drug-likeness (QED) is 0.176. The number of hydrogen-bond acceptors (Lipinski definition) is 7. The second kappa shape index (κ2) is 18.7. The minimum Gasteiger partial charge on any atom is -0.465 e. The monoisotopic (exact) mass is 486 g/mol. The summed E-state index contributed by atoms with van der Waals surface area (Å²) in [5.41, 5.74) is -2.31. The zero-order chi connectivity index (χ0) is 26.0. The summed E-state index contributed by atoms with van der Waals surface area (Å²) < 4.78 is 15.9. The van der Waals surface area contributed by atoms with Crippen LogP contribution < -0.4 is 0 Å². The van der Waals surface area contributed by atoms with Gasteiger partial charge in [0.05, 0.1) is 32.7 Å². The van der Waals surface area contributed by atoms with E-state index >= 15 is 0 Å². The van der Waals surface area contributed by atoms with Crippen molar-refractivity contribution in [2.24, 2.45) is 17.8 Å². The lowest BCUT2D eigenvalue weighted by molar-refractivity contribution is -0.179. The van der Waals surface area contributed by atoms with Crippen molar-refractivity contribution in [3.63, 3.8) is 0 Å². The Hall–Kier alpha value is -1.63. The van der Waals surface area contributed by atoms with Crippen LogP contribution in [-0.4, -0.2) is 48.4 Å². The highest BCUT2D eigenvalue weighted by Crippen LogP contribution is 2.22. The maximum atomic E-state index is 12.8. The lowest BCUT2D eigenvalue weighted by Crippen LogP contribution is -2.45. The topological polar surface area (TPSA) is 99.1 Å². The first-order valence-electron chi connectivity index (χ1n) is 13.3. The van der Waals surface area contributed by atoms with Crippen LogP contribution in [0.4, 0.5) is 0 Å². The minimum absolute atomic E-state index is 0.117. The predicted molar refractivity (Wildman–Crippen MR) is 133 cm³/mol. The van der Waals surface area contributed by atoms with Gasteiger partial charge < -0.3 is 19.3 Å². The van der Waals surface area contributed by atoms with Crippen LogP contribution in [0.3, 0.4) is 0 Å². The molecule has 1 N–H and O–H groups in total. The second-order valence-electron chi connectivity index (χ2n) is 10.1. The number of carbonyl (C=O) groups is 3. The van der Waals surface area contributed by atoms with Crippen LogP contribution in [-0.2, 0) is 28.6 Å². The smallest absolute Gasteiger partial charge is 0.339 e. The van der Waals surface area contributed by atoms with Gasteiger partial charge in [0, 0.05) is 0 Å². The van der Waals surface area contributed by atoms with E-state index in [0.717, 1.165) is 57.8 Å². The third-order valence-electron chi connectivity index (χ3n) is 5.96. The SMILES string of the molecule is CCCCC(C)COC(=O)CC(O)(CC(=O)OCC(C)CCCC)C(=O)OCC(C)CCCC. The number of esters is 3. The van der Waals surface area contributed by atoms with E-state index in [1.54, 1.807) is 0 Å². The third kappa shape index (κ3) is 15.3. The molecule has 0 saturated carbocycles. The minimum atomic E-state index is -2.31. The van der Waals surface area contributed by atoms with Crippen LogP contribution in [0.5, 0.6) is 0 Å². The van der Waals surface area contributed by atoms with E-state index in [1.165, 1.54) is 0 Å². The number of ether oxygens (including phenoxy) is 3. The molecule has 0 radical (unpaired) electrons. The molecule has 7 nitrogen and oxygen atoms in total. The Morgan fingerprint density at radius 3 is 1.29 bits per heavy atom. The van der Waals surface area contributed by atoms with E-state index in [4.69, 9.17) is 14.2 Å². The van der Waals surface area contributed by atoms with Gasteiger partial charge in [0.1, 0.15) is 0 Å². The van der Waals surface area contributed by atoms with Crippen molar-refractivity contribution in [3.05, 3.63) is 0 Å². The first-order valence-corrected chi connectivity index (χ1v) is 13.3. The van der Waals surface area contributed by atoms with Crippen molar-refractivity contribution in [1.29, 1.82) is 0 Å². The summed E-state index contributed by atoms with van der Waals surface area (Å²) >= 11 is 0. The highest BCUT2D eigenvalue weighted by Gasteiger charge is 2.43. The molecule has 0 aliphatic heterocycles. The summed E-state index contributed by atoms with van der Waals surface area (Å²) in [5.74, 6) is -1.97. The van der Waals surface area contributed by atoms with Gasteiger partial charge in [-0.3, -0.25) is 9.59 Å². The van der Waals surface area contributed by atoms with Gasteiger partial charge in [0.15, 0.2) is 5.60 Å². The van der Waals surface area contributed by atoms with E-state index < -0.39 is 36.4 Å². The van der Waals surface area contributed by atoms with Crippen LogP contribution in [0, 0.1) is 17.8 Å². The molecule has 0 aromatic heterocycles. The molecule has 0 amide bonds. The predicted octanol–water partition coefficient (Wildman–Crippen LogP) is 5.61. The summed E-state index contributed by atoms with van der Waals surface area (Å²) in [5, 5.41) is 11.0. The molecular formula is C27H50O7. The molecule has 0 fully saturated rings. The number of carbonyl (C=O) groups excluding carboxylic acids is 3. The molecular weight excluding hydrogens is 436 g/mol. The van der Waals surface area contributed by atoms with Gasteiger partial charge in [-0.1, -0.05) is 80.1 Å². The van der Waals surface area contributed by atoms with E-state index in [0.29, 0.717) is 0 Å². The summed E-state index contributed by atoms with van der Waals surface area (Å²) in [6.45, 7) is 12.7. The fourth-order valence-electron chi connectivity index (χ4n) is 3.52. The lowest BCUT2D eigenvalue weighted by atomic mass is 9.95. The van der Waals surface area contributed by atoms with Gasteiger partial charge in [0.25, 0.3) is 0 Å². The maximum absolute atomic E-state index is 12.8. The molecule has 3 atom stereocenters. The summed E-state index contributed by atoms with van der Waals surface area (Å²) in [6.07, 6.45) is 7.68. The Bertz CT molecular complexity index is 543. The summed E-state index contributed by atoms with van der Waals surface area (Å²) in [6, 6.07) is 0. The van der Waals surface area contributed by atoms with E-state index in [-0.39, 0.29) is 37.6 Å². The van der Waals surface area contributed by atoms with E-state index in [2.05, 4.69) is 20.8 Å². The first-order chi connectivity index (χ1) is 16.1. The fourth-order valence-corrected chi connectivity index (χ4v) is 3.52. The van der Waals surface area contributed by atoms with Crippen molar-refractivity contribution in [2.75, 3.05) is 19.8 Å². The van der Waals surface area contributed by atoms with Crippen molar-refractivity contribution in [2.45, 2.75) is 118 Å². The van der Waals surface area contributed by atoms with Crippen molar-refractivity contribution < 1.29 is 33.7 Å². The van der Waals surface area contributed by atoms with Crippen molar-refractivity contribution in [1.82, 2.24) is 0 Å². The molecule has 0 heterocycles. The Morgan fingerprint density at radius 2 is 0.971 bits per heavy atom. The molecule has 0 bridgehead atoms. The van der Waals surface area contributed by atoms with Gasteiger partial charge in [-0.2, -0.15) is 0 Å². The van der Waals surface area contributed by atoms with Gasteiger partial charge in [-0.05, 0) is 37.0 Å². The molecule has 0 aromatic carbocycles. The van der Waals surface area contributed by atoms with Gasteiger partial charge in [-0.15, -0.1) is 0 Å². The van der Waals surface area contributed by atoms with Crippen LogP contribution in [0.15, 0.2) is 0 Å². The third-order valence-corrected chi connectivity index (χ3v) is 5.96. The first kappa shape index (κ1) is 32.4. The molecule has 34 heavy (non-hydrogen) atoms. The number of rotatable bonds is 20. The normalized spacial score (nSPS) is 15.6. The highest BCUT2D eigenvalue weighted by molar-refractivity contribution is 5.90. The number of hydrogen-bond donors (Lipinski definition) is 1. The average molecular weight is 487 g/mol. The maximum Gasteiger partial charge on any atom is 0.339 e. The van der Waals surface area contributed by atoms with Crippen LogP contribution in [0.2, 0.25) is 0 Å². The molecule has 0 aliphatic rings. The van der Waals surface area contributed by atoms with Gasteiger partial charge >= 0.3 is 17.9 Å². The molecule has 0 rings (SSSR count). The van der Waals surface area contributed by atoms with Crippen LogP contribution in [0.25, 0.3) is 0 Å². The zero-order valence-corrected chi connectivity index (χ0v) is 22.5. The van der Waals surface area contributed by atoms with Crippen LogP contribution >= 0.6 is 0 Å². The largest absolute Gasteiger partial charge is 0.465 e. The Kier molecular flexibility index (Phi) is 17.8. The van der Waals surface area contributed by atoms with E-state index in [1.807, 2.05) is 20.8 Å². The highest BCUT2D eigenvalue weighted by atomic mass is 16.6. The number of aliphatic hydroxyl groups is 1. The molecule has 0 spiro atoms.